The molecule has 0 aliphatic heterocycles. The van der Waals surface area contributed by atoms with Gasteiger partial charge in [0.25, 0.3) is 0 Å². The predicted octanol–water partition coefficient (Wildman–Crippen LogP) is 4.61. The van der Waals surface area contributed by atoms with Gasteiger partial charge >= 0.3 is 0 Å². The van der Waals surface area contributed by atoms with E-state index in [0.717, 1.165) is 32.3 Å². The van der Waals surface area contributed by atoms with E-state index >= 15 is 0 Å². The van der Waals surface area contributed by atoms with Gasteiger partial charge in [0, 0.05) is 15.6 Å². The molecule has 0 fully saturated rings. The van der Waals surface area contributed by atoms with Crippen LogP contribution < -0.4 is 0 Å². The minimum absolute atomic E-state index is 0.0839. The molecule has 0 bridgehead atoms. The van der Waals surface area contributed by atoms with Crippen molar-refractivity contribution < 1.29 is 4.79 Å². The van der Waals surface area contributed by atoms with Gasteiger partial charge in [0.15, 0.2) is 5.78 Å². The summed E-state index contributed by atoms with van der Waals surface area (Å²) in [7, 11) is 0. The number of hydrogen-bond donors (Lipinski definition) is 0. The molecule has 2 aromatic rings. The van der Waals surface area contributed by atoms with Crippen molar-refractivity contribution in [2.24, 2.45) is 0 Å². The molecular weight excluding hydrogens is 288 g/mol. The van der Waals surface area contributed by atoms with Gasteiger partial charge in [0.05, 0.1) is 0 Å². The Bertz CT molecular complexity index is 594. The molecule has 0 radical (unpaired) electrons. The average molecular weight is 303 g/mol. The van der Waals surface area contributed by atoms with Gasteiger partial charge in [-0.15, -0.1) is 0 Å². The summed E-state index contributed by atoms with van der Waals surface area (Å²) in [4.78, 5) is 12.5. The normalized spacial score (nSPS) is 10.4. The molecule has 0 saturated heterocycles. The Labute approximate surface area is 116 Å². The number of rotatable bonds is 2. The smallest absolute Gasteiger partial charge is 0.193 e. The monoisotopic (exact) mass is 302 g/mol. The zero-order valence-electron chi connectivity index (χ0n) is 10.8. The van der Waals surface area contributed by atoms with Crippen LogP contribution >= 0.6 is 15.9 Å². The van der Waals surface area contributed by atoms with Crippen LogP contribution in [0.1, 0.15) is 32.6 Å². The second kappa shape index (κ2) is 5.07. The summed E-state index contributed by atoms with van der Waals surface area (Å²) >= 11 is 3.41. The van der Waals surface area contributed by atoms with Gasteiger partial charge in [-0.05, 0) is 50.6 Å². The summed E-state index contributed by atoms with van der Waals surface area (Å²) in [5.74, 6) is 0.0839. The van der Waals surface area contributed by atoms with E-state index in [2.05, 4.69) is 22.0 Å². The summed E-state index contributed by atoms with van der Waals surface area (Å²) in [6.07, 6.45) is 0. The first-order chi connectivity index (χ1) is 8.47. The quantitative estimate of drug-likeness (QED) is 0.741. The molecule has 0 atom stereocenters. The highest BCUT2D eigenvalue weighted by molar-refractivity contribution is 9.10. The van der Waals surface area contributed by atoms with Gasteiger partial charge in [-0.25, -0.2) is 0 Å². The summed E-state index contributed by atoms with van der Waals surface area (Å²) in [5, 5.41) is 0. The molecule has 0 spiro atoms. The molecule has 18 heavy (non-hydrogen) atoms. The third-order valence-electron chi connectivity index (χ3n) is 2.93. The zero-order valence-corrected chi connectivity index (χ0v) is 12.3. The molecule has 0 aliphatic rings. The molecular formula is C16H15BrO. The fourth-order valence-corrected chi connectivity index (χ4v) is 2.46. The Morgan fingerprint density at radius 3 is 2.17 bits per heavy atom. The molecule has 2 heteroatoms. The molecule has 0 heterocycles. The van der Waals surface area contributed by atoms with E-state index in [1.165, 1.54) is 0 Å². The van der Waals surface area contributed by atoms with Crippen LogP contribution in [0.3, 0.4) is 0 Å². The highest BCUT2D eigenvalue weighted by Crippen LogP contribution is 2.20. The van der Waals surface area contributed by atoms with E-state index < -0.39 is 0 Å². The maximum atomic E-state index is 12.5. The van der Waals surface area contributed by atoms with Crippen molar-refractivity contribution in [3.63, 3.8) is 0 Å². The zero-order chi connectivity index (χ0) is 13.3. The molecule has 1 nitrogen and oxygen atoms in total. The number of halogens is 1. The van der Waals surface area contributed by atoms with Crippen molar-refractivity contribution in [2.75, 3.05) is 0 Å². The van der Waals surface area contributed by atoms with E-state index in [4.69, 9.17) is 0 Å². The van der Waals surface area contributed by atoms with Crippen molar-refractivity contribution in [1.29, 1.82) is 0 Å². The van der Waals surface area contributed by atoms with Crippen molar-refractivity contribution in [3.8, 4) is 0 Å². The highest BCUT2D eigenvalue weighted by Gasteiger charge is 2.12. The van der Waals surface area contributed by atoms with Crippen molar-refractivity contribution in [3.05, 3.63) is 68.7 Å². The second-order valence-corrected chi connectivity index (χ2v) is 5.58. The fourth-order valence-electron chi connectivity index (χ4n) is 2.10. The fraction of sp³-hybridized carbons (Fsp3) is 0.188. The van der Waals surface area contributed by atoms with Crippen LogP contribution in [0.4, 0.5) is 0 Å². The molecule has 0 unspecified atom stereocenters. The number of hydrogen-bond acceptors (Lipinski definition) is 1. The molecule has 2 rings (SSSR count). The van der Waals surface area contributed by atoms with Crippen LogP contribution in [0.15, 0.2) is 40.9 Å². The van der Waals surface area contributed by atoms with Gasteiger partial charge in [-0.1, -0.05) is 39.2 Å². The average Bonchev–Trinajstić information content (AvgIpc) is 2.30. The lowest BCUT2D eigenvalue weighted by molar-refractivity contribution is 0.103. The van der Waals surface area contributed by atoms with Crippen molar-refractivity contribution in [2.45, 2.75) is 20.8 Å². The lowest BCUT2D eigenvalue weighted by Crippen LogP contribution is -2.04. The van der Waals surface area contributed by atoms with Crippen LogP contribution in [0.2, 0.25) is 0 Å². The van der Waals surface area contributed by atoms with Crippen LogP contribution in [-0.2, 0) is 0 Å². The lowest BCUT2D eigenvalue weighted by Gasteiger charge is -2.07. The first-order valence-electron chi connectivity index (χ1n) is 5.86. The Morgan fingerprint density at radius 1 is 0.944 bits per heavy atom. The standard InChI is InChI=1S/C16H15BrO/c1-10-6-11(2)8-13(7-10)16(18)15-9-14(17)5-4-12(15)3/h4-9H,1-3H3. The number of aryl methyl sites for hydroxylation is 3. The molecule has 0 amide bonds. The summed E-state index contributed by atoms with van der Waals surface area (Å²) in [6, 6.07) is 11.7. The molecule has 0 N–H and O–H groups in total. The van der Waals surface area contributed by atoms with Crippen molar-refractivity contribution >= 4 is 21.7 Å². The maximum Gasteiger partial charge on any atom is 0.193 e. The minimum Gasteiger partial charge on any atom is -0.289 e. The summed E-state index contributed by atoms with van der Waals surface area (Å²) in [5.41, 5.74) is 4.75. The van der Waals surface area contributed by atoms with Gasteiger partial charge in [-0.3, -0.25) is 4.79 Å². The van der Waals surface area contributed by atoms with Crippen LogP contribution in [0.5, 0.6) is 0 Å². The topological polar surface area (TPSA) is 17.1 Å². The van der Waals surface area contributed by atoms with E-state index in [-0.39, 0.29) is 5.78 Å². The largest absolute Gasteiger partial charge is 0.289 e. The minimum atomic E-state index is 0.0839. The van der Waals surface area contributed by atoms with Crippen molar-refractivity contribution in [1.82, 2.24) is 0 Å². The third kappa shape index (κ3) is 2.70. The molecule has 2 aromatic carbocycles. The Hall–Kier alpha value is -1.41. The van der Waals surface area contributed by atoms with Gasteiger partial charge < -0.3 is 0 Å². The van der Waals surface area contributed by atoms with Gasteiger partial charge in [0.2, 0.25) is 0 Å². The van der Waals surface area contributed by atoms with Gasteiger partial charge in [0.1, 0.15) is 0 Å². The highest BCUT2D eigenvalue weighted by atomic mass is 79.9. The summed E-state index contributed by atoms with van der Waals surface area (Å²) in [6.45, 7) is 5.98. The van der Waals surface area contributed by atoms with Crippen LogP contribution in [0, 0.1) is 20.8 Å². The SMILES string of the molecule is Cc1cc(C)cc(C(=O)c2cc(Br)ccc2C)c1. The number of carbonyl (C=O) groups is 1. The second-order valence-electron chi connectivity index (χ2n) is 4.66. The maximum absolute atomic E-state index is 12.5. The van der Waals surface area contributed by atoms with Gasteiger partial charge in [-0.2, -0.15) is 0 Å². The Kier molecular flexibility index (Phi) is 3.67. The third-order valence-corrected chi connectivity index (χ3v) is 3.42. The molecule has 92 valence electrons. The van der Waals surface area contributed by atoms with E-state index in [1.807, 2.05) is 51.1 Å². The van der Waals surface area contributed by atoms with Crippen LogP contribution in [-0.4, -0.2) is 5.78 Å². The number of benzene rings is 2. The Morgan fingerprint density at radius 2 is 1.56 bits per heavy atom. The molecule has 0 aliphatic carbocycles. The predicted molar refractivity (Wildman–Crippen MR) is 78.2 cm³/mol. The Balaban J connectivity index is 2.51. The van der Waals surface area contributed by atoms with Crippen LogP contribution in [0.25, 0.3) is 0 Å². The number of ketones is 1. The molecule has 0 aromatic heterocycles. The lowest BCUT2D eigenvalue weighted by atomic mass is 9.97. The first kappa shape index (κ1) is 13.0. The molecule has 0 saturated carbocycles. The van der Waals surface area contributed by atoms with E-state index in [9.17, 15) is 4.79 Å². The van der Waals surface area contributed by atoms with E-state index in [0.29, 0.717) is 0 Å². The van der Waals surface area contributed by atoms with E-state index in [1.54, 1.807) is 0 Å². The first-order valence-corrected chi connectivity index (χ1v) is 6.66. The summed E-state index contributed by atoms with van der Waals surface area (Å²) < 4.78 is 0.931. The number of carbonyl (C=O) groups excluding carboxylic acids is 1.